The van der Waals surface area contributed by atoms with Crippen LogP contribution >= 0.6 is 15.9 Å². The highest BCUT2D eigenvalue weighted by molar-refractivity contribution is 9.10. The van der Waals surface area contributed by atoms with Gasteiger partial charge in [-0.2, -0.15) is 0 Å². The number of carbonyl (C=O) groups excluding carboxylic acids is 1. The van der Waals surface area contributed by atoms with Crippen LogP contribution in [0.2, 0.25) is 0 Å². The van der Waals surface area contributed by atoms with Gasteiger partial charge in [0.2, 0.25) is 0 Å². The molecule has 2 rings (SSSR count). The first-order valence-corrected chi connectivity index (χ1v) is 7.46. The van der Waals surface area contributed by atoms with Crippen LogP contribution in [0.4, 0.5) is 0 Å². The first kappa shape index (κ1) is 14.5. The average molecular weight is 326 g/mol. The quantitative estimate of drug-likeness (QED) is 0.851. The van der Waals surface area contributed by atoms with Crippen molar-refractivity contribution >= 4 is 21.8 Å². The summed E-state index contributed by atoms with van der Waals surface area (Å²) >= 11 is 3.41. The van der Waals surface area contributed by atoms with Gasteiger partial charge in [0.15, 0.2) is 0 Å². The van der Waals surface area contributed by atoms with Gasteiger partial charge in [0.1, 0.15) is 0 Å². The van der Waals surface area contributed by atoms with Gasteiger partial charge in [-0.25, -0.2) is 0 Å². The summed E-state index contributed by atoms with van der Waals surface area (Å²) in [6.45, 7) is 0. The molecular weight excluding hydrogens is 306 g/mol. The summed E-state index contributed by atoms with van der Waals surface area (Å²) in [5.74, 6) is 0.0992. The molecule has 104 valence electrons. The van der Waals surface area contributed by atoms with Crippen LogP contribution in [0.5, 0.6) is 0 Å². The van der Waals surface area contributed by atoms with Crippen molar-refractivity contribution in [2.75, 3.05) is 14.2 Å². The van der Waals surface area contributed by atoms with Crippen molar-refractivity contribution in [3.8, 4) is 0 Å². The second-order valence-electron chi connectivity index (χ2n) is 5.09. The minimum absolute atomic E-state index is 0.0992. The molecule has 0 aromatic heterocycles. The number of amides is 1. The summed E-state index contributed by atoms with van der Waals surface area (Å²) in [7, 11) is 3.67. The Labute approximate surface area is 123 Å². The van der Waals surface area contributed by atoms with E-state index >= 15 is 0 Å². The molecule has 1 saturated carbocycles. The van der Waals surface area contributed by atoms with Gasteiger partial charge in [0, 0.05) is 30.2 Å². The maximum absolute atomic E-state index is 12.4. The van der Waals surface area contributed by atoms with Crippen LogP contribution in [-0.4, -0.2) is 37.1 Å². The zero-order valence-corrected chi connectivity index (χ0v) is 13.0. The van der Waals surface area contributed by atoms with Crippen molar-refractivity contribution < 1.29 is 9.53 Å². The van der Waals surface area contributed by atoms with Gasteiger partial charge in [0.05, 0.1) is 6.10 Å². The molecular formula is C15H20BrNO2. The number of ether oxygens (including phenoxy) is 1. The molecule has 19 heavy (non-hydrogen) atoms. The lowest BCUT2D eigenvalue weighted by Gasteiger charge is -2.34. The number of methoxy groups -OCH3 is 1. The van der Waals surface area contributed by atoms with Crippen LogP contribution in [-0.2, 0) is 4.74 Å². The molecule has 1 aromatic carbocycles. The summed E-state index contributed by atoms with van der Waals surface area (Å²) in [4.78, 5) is 14.3. The second-order valence-corrected chi connectivity index (χ2v) is 6.01. The van der Waals surface area contributed by atoms with E-state index in [1.165, 1.54) is 0 Å². The topological polar surface area (TPSA) is 29.5 Å². The SMILES string of the molecule is COC1CCC(N(C)C(=O)c2cccc(Br)c2)CC1. The summed E-state index contributed by atoms with van der Waals surface area (Å²) in [6, 6.07) is 7.90. The normalized spacial score (nSPS) is 23.1. The maximum atomic E-state index is 12.4. The van der Waals surface area contributed by atoms with Gasteiger partial charge >= 0.3 is 0 Å². The third-order valence-electron chi connectivity index (χ3n) is 3.92. The van der Waals surface area contributed by atoms with Gasteiger partial charge < -0.3 is 9.64 Å². The zero-order chi connectivity index (χ0) is 13.8. The molecule has 1 aliphatic carbocycles. The standard InChI is InChI=1S/C15H20BrNO2/c1-17(13-6-8-14(19-2)9-7-13)15(18)11-4-3-5-12(16)10-11/h3-5,10,13-14H,6-9H2,1-2H3. The number of carbonyl (C=O) groups is 1. The maximum Gasteiger partial charge on any atom is 0.253 e. The molecule has 1 fully saturated rings. The predicted molar refractivity (Wildman–Crippen MR) is 79.3 cm³/mol. The van der Waals surface area contributed by atoms with Crippen molar-refractivity contribution in [3.05, 3.63) is 34.3 Å². The van der Waals surface area contributed by atoms with Crippen LogP contribution in [0.15, 0.2) is 28.7 Å². The van der Waals surface area contributed by atoms with Crippen LogP contribution in [0.3, 0.4) is 0 Å². The number of hydrogen-bond donors (Lipinski definition) is 0. The van der Waals surface area contributed by atoms with E-state index in [4.69, 9.17) is 4.74 Å². The monoisotopic (exact) mass is 325 g/mol. The predicted octanol–water partition coefficient (Wildman–Crippen LogP) is 3.48. The minimum Gasteiger partial charge on any atom is -0.381 e. The molecule has 1 aliphatic rings. The van der Waals surface area contributed by atoms with Gasteiger partial charge in [-0.3, -0.25) is 4.79 Å². The second kappa shape index (κ2) is 6.53. The summed E-state index contributed by atoms with van der Waals surface area (Å²) in [5.41, 5.74) is 0.741. The van der Waals surface area contributed by atoms with Crippen molar-refractivity contribution in [2.45, 2.75) is 37.8 Å². The Kier molecular flexibility index (Phi) is 4.99. The largest absolute Gasteiger partial charge is 0.381 e. The molecule has 0 atom stereocenters. The first-order chi connectivity index (χ1) is 9.11. The zero-order valence-electron chi connectivity index (χ0n) is 11.4. The van der Waals surface area contributed by atoms with E-state index in [-0.39, 0.29) is 5.91 Å². The highest BCUT2D eigenvalue weighted by atomic mass is 79.9. The lowest BCUT2D eigenvalue weighted by Crippen LogP contribution is -2.40. The van der Waals surface area contributed by atoms with E-state index in [2.05, 4.69) is 15.9 Å². The third-order valence-corrected chi connectivity index (χ3v) is 4.41. The van der Waals surface area contributed by atoms with E-state index in [0.717, 1.165) is 35.7 Å². The summed E-state index contributed by atoms with van der Waals surface area (Å²) in [5, 5.41) is 0. The van der Waals surface area contributed by atoms with Crippen LogP contribution < -0.4 is 0 Å². The number of nitrogens with zero attached hydrogens (tertiary/aromatic N) is 1. The molecule has 0 heterocycles. The van der Waals surface area contributed by atoms with E-state index in [1.807, 2.05) is 36.2 Å². The molecule has 0 spiro atoms. The highest BCUT2D eigenvalue weighted by Crippen LogP contribution is 2.25. The molecule has 0 N–H and O–H groups in total. The number of rotatable bonds is 3. The van der Waals surface area contributed by atoms with Crippen LogP contribution in [0, 0.1) is 0 Å². The number of hydrogen-bond acceptors (Lipinski definition) is 2. The van der Waals surface area contributed by atoms with Crippen molar-refractivity contribution in [2.24, 2.45) is 0 Å². The Morgan fingerprint density at radius 1 is 1.32 bits per heavy atom. The number of benzene rings is 1. The summed E-state index contributed by atoms with van der Waals surface area (Å²) in [6.07, 6.45) is 4.49. The van der Waals surface area contributed by atoms with Crippen LogP contribution in [0.25, 0.3) is 0 Å². The molecule has 0 bridgehead atoms. The lowest BCUT2D eigenvalue weighted by atomic mass is 9.92. The molecule has 0 aliphatic heterocycles. The Morgan fingerprint density at radius 3 is 2.58 bits per heavy atom. The first-order valence-electron chi connectivity index (χ1n) is 6.67. The molecule has 3 nitrogen and oxygen atoms in total. The fourth-order valence-corrected chi connectivity index (χ4v) is 3.06. The fourth-order valence-electron chi connectivity index (χ4n) is 2.66. The molecule has 0 unspecified atom stereocenters. The Bertz CT molecular complexity index is 442. The smallest absolute Gasteiger partial charge is 0.253 e. The van der Waals surface area contributed by atoms with Crippen molar-refractivity contribution in [1.29, 1.82) is 0 Å². The van der Waals surface area contributed by atoms with Gasteiger partial charge in [-0.1, -0.05) is 22.0 Å². The van der Waals surface area contributed by atoms with E-state index < -0.39 is 0 Å². The fraction of sp³-hybridized carbons (Fsp3) is 0.533. The molecule has 4 heteroatoms. The molecule has 0 radical (unpaired) electrons. The van der Waals surface area contributed by atoms with Crippen molar-refractivity contribution in [1.82, 2.24) is 4.90 Å². The van der Waals surface area contributed by atoms with E-state index in [1.54, 1.807) is 7.11 Å². The molecule has 0 saturated heterocycles. The third kappa shape index (κ3) is 3.57. The Morgan fingerprint density at radius 2 is 2.00 bits per heavy atom. The van der Waals surface area contributed by atoms with Crippen molar-refractivity contribution in [3.63, 3.8) is 0 Å². The highest BCUT2D eigenvalue weighted by Gasteiger charge is 2.26. The van der Waals surface area contributed by atoms with E-state index in [0.29, 0.717) is 12.1 Å². The Balaban J connectivity index is 2.00. The molecule has 1 amide bonds. The van der Waals surface area contributed by atoms with Gasteiger partial charge in [0.25, 0.3) is 5.91 Å². The molecule has 1 aromatic rings. The van der Waals surface area contributed by atoms with Gasteiger partial charge in [-0.15, -0.1) is 0 Å². The van der Waals surface area contributed by atoms with Crippen LogP contribution in [0.1, 0.15) is 36.0 Å². The number of halogens is 1. The van der Waals surface area contributed by atoms with Gasteiger partial charge in [-0.05, 0) is 43.9 Å². The average Bonchev–Trinajstić information content (AvgIpc) is 2.46. The lowest BCUT2D eigenvalue weighted by molar-refractivity contribution is 0.0386. The van der Waals surface area contributed by atoms with E-state index in [9.17, 15) is 4.79 Å². The minimum atomic E-state index is 0.0992. The summed E-state index contributed by atoms with van der Waals surface area (Å²) < 4.78 is 6.31. The Hall–Kier alpha value is -0.870.